The highest BCUT2D eigenvalue weighted by atomic mass is 32.2. The molecule has 0 atom stereocenters. The van der Waals surface area contributed by atoms with Gasteiger partial charge < -0.3 is 15.2 Å². The van der Waals surface area contributed by atoms with Crippen molar-refractivity contribution in [1.82, 2.24) is 5.32 Å². The summed E-state index contributed by atoms with van der Waals surface area (Å²) in [7, 11) is 1.71. The van der Waals surface area contributed by atoms with Crippen LogP contribution in [0.3, 0.4) is 0 Å². The number of hydrogen-bond donors (Lipinski definition) is 2. The highest BCUT2D eigenvalue weighted by Gasteiger charge is 2.21. The summed E-state index contributed by atoms with van der Waals surface area (Å²) in [6, 6.07) is 8.53. The zero-order valence-corrected chi connectivity index (χ0v) is 13.6. The molecule has 0 aliphatic carbocycles. The van der Waals surface area contributed by atoms with Crippen LogP contribution in [0.2, 0.25) is 0 Å². The van der Waals surface area contributed by atoms with E-state index in [1.54, 1.807) is 18.9 Å². The summed E-state index contributed by atoms with van der Waals surface area (Å²) in [4.78, 5) is 1.21. The van der Waals surface area contributed by atoms with E-state index in [0.29, 0.717) is 0 Å². The second-order valence-electron chi connectivity index (χ2n) is 5.03. The Morgan fingerprint density at radius 3 is 2.40 bits per heavy atom. The van der Waals surface area contributed by atoms with E-state index in [9.17, 15) is 5.11 Å². The third-order valence-electron chi connectivity index (χ3n) is 3.56. The lowest BCUT2D eigenvalue weighted by atomic mass is 10.0. The quantitative estimate of drug-likeness (QED) is 0.514. The zero-order valence-electron chi connectivity index (χ0n) is 12.8. The van der Waals surface area contributed by atoms with Gasteiger partial charge in [-0.25, -0.2) is 0 Å². The Morgan fingerprint density at radius 2 is 1.85 bits per heavy atom. The molecule has 20 heavy (non-hydrogen) atoms. The van der Waals surface area contributed by atoms with Crippen molar-refractivity contribution in [3.05, 3.63) is 29.8 Å². The first-order chi connectivity index (χ1) is 9.63. The molecular formula is C16H27NO2S. The summed E-state index contributed by atoms with van der Waals surface area (Å²) in [5.41, 5.74) is 0.733. The molecule has 2 N–H and O–H groups in total. The Hall–Kier alpha value is -0.550. The van der Waals surface area contributed by atoms with Crippen molar-refractivity contribution < 1.29 is 9.84 Å². The second-order valence-corrected chi connectivity index (χ2v) is 6.08. The molecule has 1 aromatic carbocycles. The number of aliphatic hydroxyl groups is 1. The lowest BCUT2D eigenvalue weighted by Gasteiger charge is -2.24. The van der Waals surface area contributed by atoms with Crippen LogP contribution in [-0.2, 0) is 11.3 Å². The molecule has 0 fully saturated rings. The summed E-state index contributed by atoms with van der Waals surface area (Å²) >= 11 is 1.73. The van der Waals surface area contributed by atoms with Gasteiger partial charge in [0.2, 0.25) is 0 Å². The van der Waals surface area contributed by atoms with E-state index >= 15 is 0 Å². The molecule has 0 aliphatic heterocycles. The molecule has 3 nitrogen and oxygen atoms in total. The van der Waals surface area contributed by atoms with Crippen LogP contribution < -0.4 is 5.32 Å². The minimum absolute atomic E-state index is 0.537. The molecule has 1 aromatic rings. The van der Waals surface area contributed by atoms with Gasteiger partial charge in [0, 0.05) is 30.8 Å². The summed E-state index contributed by atoms with van der Waals surface area (Å²) < 4.78 is 4.99. The number of rotatable bonds is 10. The van der Waals surface area contributed by atoms with Crippen molar-refractivity contribution in [1.29, 1.82) is 0 Å². The van der Waals surface area contributed by atoms with Crippen LogP contribution in [0.1, 0.15) is 32.3 Å². The van der Waals surface area contributed by atoms with Gasteiger partial charge in [0.15, 0.2) is 0 Å². The number of benzene rings is 1. The Kier molecular flexibility index (Phi) is 8.22. The summed E-state index contributed by atoms with van der Waals surface area (Å²) in [6.07, 6.45) is 1.61. The van der Waals surface area contributed by atoms with Gasteiger partial charge >= 0.3 is 0 Å². The van der Waals surface area contributed by atoms with E-state index < -0.39 is 5.60 Å². The molecule has 0 unspecified atom stereocenters. The smallest absolute Gasteiger partial charge is 0.0736 e. The fraction of sp³-hybridized carbons (Fsp3) is 0.625. The zero-order chi connectivity index (χ0) is 14.8. The molecule has 4 heteroatoms. The Balaban J connectivity index is 2.38. The third kappa shape index (κ3) is 6.27. The van der Waals surface area contributed by atoms with E-state index in [1.165, 1.54) is 10.5 Å². The number of ether oxygens (including phenoxy) is 1. The van der Waals surface area contributed by atoms with Crippen molar-refractivity contribution in [3.63, 3.8) is 0 Å². The van der Waals surface area contributed by atoms with Crippen molar-refractivity contribution in [2.75, 3.05) is 26.0 Å². The maximum absolute atomic E-state index is 10.3. The number of nitrogens with one attached hydrogen (secondary N) is 1. The lowest BCUT2D eigenvalue weighted by molar-refractivity contribution is 0.0572. The van der Waals surface area contributed by atoms with Gasteiger partial charge in [-0.15, -0.1) is 11.8 Å². The number of thioether (sulfide) groups is 1. The van der Waals surface area contributed by atoms with E-state index in [0.717, 1.165) is 38.3 Å². The monoisotopic (exact) mass is 297 g/mol. The minimum Gasteiger partial charge on any atom is -0.389 e. The molecule has 1 rings (SSSR count). The van der Waals surface area contributed by atoms with E-state index in [1.807, 2.05) is 13.8 Å². The fourth-order valence-corrected chi connectivity index (χ4v) is 2.95. The SMILES string of the molecule is CCC(O)(CC)CSc1ccc(CNCCOC)cc1. The molecule has 0 spiro atoms. The number of hydrogen-bond acceptors (Lipinski definition) is 4. The highest BCUT2D eigenvalue weighted by Crippen LogP contribution is 2.26. The molecule has 0 saturated carbocycles. The molecular weight excluding hydrogens is 270 g/mol. The van der Waals surface area contributed by atoms with Gasteiger partial charge in [-0.1, -0.05) is 26.0 Å². The van der Waals surface area contributed by atoms with Crippen molar-refractivity contribution in [3.8, 4) is 0 Å². The molecule has 0 saturated heterocycles. The highest BCUT2D eigenvalue weighted by molar-refractivity contribution is 7.99. The van der Waals surface area contributed by atoms with Crippen molar-refractivity contribution in [2.24, 2.45) is 0 Å². The average molecular weight is 297 g/mol. The van der Waals surface area contributed by atoms with Crippen LogP contribution in [0.25, 0.3) is 0 Å². The van der Waals surface area contributed by atoms with Crippen LogP contribution in [0.4, 0.5) is 0 Å². The van der Waals surface area contributed by atoms with Crippen LogP contribution in [0.15, 0.2) is 29.2 Å². The second kappa shape index (κ2) is 9.40. The molecule has 0 amide bonds. The van der Waals surface area contributed by atoms with E-state index in [2.05, 4.69) is 29.6 Å². The normalized spacial score (nSPS) is 11.8. The van der Waals surface area contributed by atoms with Gasteiger partial charge in [-0.05, 0) is 30.5 Å². The minimum atomic E-state index is -0.537. The molecule has 0 aromatic heterocycles. The Bertz CT molecular complexity index is 363. The summed E-state index contributed by atoms with van der Waals surface area (Å²) in [5, 5.41) is 13.6. The van der Waals surface area contributed by atoms with Crippen LogP contribution in [-0.4, -0.2) is 36.7 Å². The molecule has 0 bridgehead atoms. The summed E-state index contributed by atoms with van der Waals surface area (Å²) in [6.45, 7) is 6.55. The first kappa shape index (κ1) is 17.5. The lowest BCUT2D eigenvalue weighted by Crippen LogP contribution is -2.29. The maximum Gasteiger partial charge on any atom is 0.0736 e. The largest absolute Gasteiger partial charge is 0.389 e. The standard InChI is InChI=1S/C16H27NO2S/c1-4-16(18,5-2)13-20-15-8-6-14(7-9-15)12-17-10-11-19-3/h6-9,17-18H,4-5,10-13H2,1-3H3. The van der Waals surface area contributed by atoms with Crippen molar-refractivity contribution in [2.45, 2.75) is 43.7 Å². The van der Waals surface area contributed by atoms with E-state index in [4.69, 9.17) is 4.74 Å². The molecule has 114 valence electrons. The Morgan fingerprint density at radius 1 is 1.20 bits per heavy atom. The average Bonchev–Trinajstić information content (AvgIpc) is 2.50. The molecule has 0 aliphatic rings. The maximum atomic E-state index is 10.3. The van der Waals surface area contributed by atoms with Crippen molar-refractivity contribution >= 4 is 11.8 Å². The van der Waals surface area contributed by atoms with Gasteiger partial charge in [0.05, 0.1) is 12.2 Å². The number of methoxy groups -OCH3 is 1. The van der Waals surface area contributed by atoms with E-state index in [-0.39, 0.29) is 0 Å². The molecule has 0 heterocycles. The Labute approximate surface area is 127 Å². The third-order valence-corrected chi connectivity index (χ3v) is 4.85. The van der Waals surface area contributed by atoms with Gasteiger partial charge in [-0.3, -0.25) is 0 Å². The van der Waals surface area contributed by atoms with Crippen LogP contribution in [0, 0.1) is 0 Å². The van der Waals surface area contributed by atoms with Gasteiger partial charge in [0.25, 0.3) is 0 Å². The summed E-state index contributed by atoms with van der Waals surface area (Å²) in [5.74, 6) is 0.755. The van der Waals surface area contributed by atoms with Gasteiger partial charge in [0.1, 0.15) is 0 Å². The fourth-order valence-electron chi connectivity index (χ4n) is 1.78. The first-order valence-electron chi connectivity index (χ1n) is 7.27. The first-order valence-corrected chi connectivity index (χ1v) is 8.26. The predicted octanol–water partition coefficient (Wildman–Crippen LogP) is 3.07. The van der Waals surface area contributed by atoms with Crippen LogP contribution >= 0.6 is 11.8 Å². The van der Waals surface area contributed by atoms with Crippen LogP contribution in [0.5, 0.6) is 0 Å². The predicted molar refractivity (Wildman–Crippen MR) is 86.3 cm³/mol. The van der Waals surface area contributed by atoms with Gasteiger partial charge in [-0.2, -0.15) is 0 Å². The molecule has 0 radical (unpaired) electrons. The topological polar surface area (TPSA) is 41.5 Å².